The van der Waals surface area contributed by atoms with Crippen LogP contribution in [0.15, 0.2) is 83.2 Å². The number of allylic oxidation sites excluding steroid dienone is 2. The molecule has 0 saturated heterocycles. The fraction of sp³-hybridized carbons (Fsp3) is 0.304. The maximum absolute atomic E-state index is 2.48. The minimum Gasteiger partial charge on any atom is -0.303 e. The van der Waals surface area contributed by atoms with Gasteiger partial charge in [0.05, 0.1) is 0 Å². The Labute approximate surface area is 153 Å². The lowest BCUT2D eigenvalue weighted by atomic mass is 9.95. The summed E-state index contributed by atoms with van der Waals surface area (Å²) in [6.07, 6.45) is 4.82. The molecule has 0 spiro atoms. The van der Waals surface area contributed by atoms with Crippen molar-refractivity contribution in [2.45, 2.75) is 32.7 Å². The zero-order valence-corrected chi connectivity index (χ0v) is 16.6. The average Bonchev–Trinajstić information content (AvgIpc) is 2.64. The van der Waals surface area contributed by atoms with Crippen molar-refractivity contribution in [3.05, 3.63) is 83.2 Å². The van der Waals surface area contributed by atoms with E-state index in [1.807, 2.05) is 0 Å². The smallest absolute Gasteiger partial charge is 0.0317 e. The lowest BCUT2D eigenvalue weighted by molar-refractivity contribution is 0.352. The van der Waals surface area contributed by atoms with Crippen molar-refractivity contribution in [1.29, 1.82) is 0 Å². The summed E-state index contributed by atoms with van der Waals surface area (Å²) in [6, 6.07) is 22.5. The molecule has 2 heteroatoms. The molecular weight excluding hydrogens is 321 g/mol. The van der Waals surface area contributed by atoms with Crippen LogP contribution >= 0.6 is 7.92 Å². The van der Waals surface area contributed by atoms with Gasteiger partial charge in [0, 0.05) is 6.04 Å². The van der Waals surface area contributed by atoms with Crippen LogP contribution in [0.5, 0.6) is 0 Å². The minimum absolute atomic E-state index is 0.433. The highest BCUT2D eigenvalue weighted by Crippen LogP contribution is 2.51. The molecule has 1 atom stereocenters. The standard InChI is InChI=1S/C23H28NP/c1-18-12-11-17-22(19(2)24(3)4)23(18)25(20-13-7-5-8-14-20)21-15-9-6-10-16-21/h5-10,13-17,19H,11-12H2,1-4H3/t19-/m0/s1. The third kappa shape index (κ3) is 3.94. The van der Waals surface area contributed by atoms with Crippen molar-refractivity contribution < 1.29 is 0 Å². The van der Waals surface area contributed by atoms with Crippen LogP contribution in [0.2, 0.25) is 0 Å². The van der Waals surface area contributed by atoms with Gasteiger partial charge in [0.2, 0.25) is 0 Å². The maximum atomic E-state index is 2.48. The first-order valence-electron chi connectivity index (χ1n) is 9.06. The molecule has 1 nitrogen and oxygen atoms in total. The van der Waals surface area contributed by atoms with E-state index in [0.717, 1.165) is 6.42 Å². The number of benzene rings is 2. The van der Waals surface area contributed by atoms with Gasteiger partial charge in [-0.1, -0.05) is 72.3 Å². The predicted molar refractivity (Wildman–Crippen MR) is 112 cm³/mol. The molecule has 1 aliphatic rings. The van der Waals surface area contributed by atoms with Crippen LogP contribution in [0.25, 0.3) is 0 Å². The van der Waals surface area contributed by atoms with Gasteiger partial charge in [0.1, 0.15) is 0 Å². The molecule has 0 aromatic heterocycles. The topological polar surface area (TPSA) is 3.24 Å². The van der Waals surface area contributed by atoms with E-state index in [9.17, 15) is 0 Å². The van der Waals surface area contributed by atoms with E-state index in [1.165, 1.54) is 22.6 Å². The van der Waals surface area contributed by atoms with E-state index in [1.54, 1.807) is 10.9 Å². The molecule has 0 amide bonds. The van der Waals surface area contributed by atoms with Gasteiger partial charge in [-0.25, -0.2) is 0 Å². The first-order chi connectivity index (χ1) is 12.1. The third-order valence-electron chi connectivity index (χ3n) is 5.04. The monoisotopic (exact) mass is 349 g/mol. The highest BCUT2D eigenvalue weighted by Gasteiger charge is 2.28. The quantitative estimate of drug-likeness (QED) is 0.682. The van der Waals surface area contributed by atoms with Crippen molar-refractivity contribution in [2.24, 2.45) is 0 Å². The Bertz CT molecular complexity index is 720. The van der Waals surface area contributed by atoms with E-state index in [2.05, 4.69) is 99.6 Å². The second-order valence-corrected chi connectivity index (χ2v) is 9.12. The van der Waals surface area contributed by atoms with Crippen molar-refractivity contribution in [3.63, 3.8) is 0 Å². The molecule has 25 heavy (non-hydrogen) atoms. The van der Waals surface area contributed by atoms with Crippen LogP contribution in [0.4, 0.5) is 0 Å². The Morgan fingerprint density at radius 2 is 1.40 bits per heavy atom. The van der Waals surface area contributed by atoms with Crippen molar-refractivity contribution >= 4 is 18.5 Å². The number of likely N-dealkylation sites (N-methyl/N-ethyl adjacent to an activating group) is 1. The summed E-state index contributed by atoms with van der Waals surface area (Å²) in [5.74, 6) is 0. The zero-order chi connectivity index (χ0) is 17.8. The molecular formula is C23H28NP. The molecule has 1 aliphatic carbocycles. The SMILES string of the molecule is CC1=C(P(c2ccccc2)c2ccccc2)C([C@H](C)N(C)C)=CCC1. The van der Waals surface area contributed by atoms with Crippen LogP contribution in [0.3, 0.4) is 0 Å². The van der Waals surface area contributed by atoms with E-state index >= 15 is 0 Å². The highest BCUT2D eigenvalue weighted by atomic mass is 31.1. The van der Waals surface area contributed by atoms with Crippen LogP contribution in [0, 0.1) is 0 Å². The van der Waals surface area contributed by atoms with Gasteiger partial charge in [0.15, 0.2) is 0 Å². The van der Waals surface area contributed by atoms with Crippen LogP contribution in [-0.4, -0.2) is 25.0 Å². The summed E-state index contributed by atoms with van der Waals surface area (Å²) in [6.45, 7) is 4.67. The Morgan fingerprint density at radius 1 is 0.880 bits per heavy atom. The first-order valence-corrected chi connectivity index (χ1v) is 10.4. The number of rotatable bonds is 5. The first kappa shape index (κ1) is 18.1. The molecule has 2 aromatic carbocycles. The molecule has 0 heterocycles. The predicted octanol–water partition coefficient (Wildman–Crippen LogP) is 5.06. The van der Waals surface area contributed by atoms with Gasteiger partial charge in [-0.15, -0.1) is 0 Å². The zero-order valence-electron chi connectivity index (χ0n) is 15.7. The molecule has 0 N–H and O–H groups in total. The van der Waals surface area contributed by atoms with Gasteiger partial charge in [0.25, 0.3) is 0 Å². The van der Waals surface area contributed by atoms with Crippen LogP contribution < -0.4 is 10.6 Å². The molecule has 0 unspecified atom stereocenters. The van der Waals surface area contributed by atoms with Crippen molar-refractivity contribution in [3.8, 4) is 0 Å². The molecule has 130 valence electrons. The van der Waals surface area contributed by atoms with E-state index in [0.29, 0.717) is 6.04 Å². The number of nitrogens with zero attached hydrogens (tertiary/aromatic N) is 1. The van der Waals surface area contributed by atoms with Gasteiger partial charge in [-0.2, -0.15) is 0 Å². The highest BCUT2D eigenvalue weighted by molar-refractivity contribution is 7.77. The largest absolute Gasteiger partial charge is 0.303 e. The van der Waals surface area contributed by atoms with Gasteiger partial charge < -0.3 is 4.90 Å². The second kappa shape index (κ2) is 8.13. The van der Waals surface area contributed by atoms with Gasteiger partial charge in [-0.05, 0) is 70.2 Å². The molecule has 0 aliphatic heterocycles. The van der Waals surface area contributed by atoms with Crippen molar-refractivity contribution in [2.75, 3.05) is 14.1 Å². The van der Waals surface area contributed by atoms with Crippen molar-refractivity contribution in [1.82, 2.24) is 4.90 Å². The summed E-state index contributed by atoms with van der Waals surface area (Å²) in [5, 5.41) is 4.47. The second-order valence-electron chi connectivity index (χ2n) is 6.97. The summed E-state index contributed by atoms with van der Waals surface area (Å²) in [5.41, 5.74) is 3.08. The van der Waals surface area contributed by atoms with Gasteiger partial charge >= 0.3 is 0 Å². The Hall–Kier alpha value is -1.69. The normalized spacial score (nSPS) is 16.3. The average molecular weight is 349 g/mol. The Morgan fingerprint density at radius 3 is 1.88 bits per heavy atom. The van der Waals surface area contributed by atoms with Gasteiger partial charge in [-0.3, -0.25) is 0 Å². The Balaban J connectivity index is 2.16. The summed E-state index contributed by atoms with van der Waals surface area (Å²) in [7, 11) is 3.84. The minimum atomic E-state index is -0.520. The number of hydrogen-bond donors (Lipinski definition) is 0. The fourth-order valence-corrected chi connectivity index (χ4v) is 6.22. The lowest BCUT2D eigenvalue weighted by Crippen LogP contribution is -2.29. The van der Waals surface area contributed by atoms with E-state index in [-0.39, 0.29) is 0 Å². The molecule has 0 radical (unpaired) electrons. The fourth-order valence-electron chi connectivity index (χ4n) is 3.43. The molecule has 2 aromatic rings. The van der Waals surface area contributed by atoms with E-state index in [4.69, 9.17) is 0 Å². The molecule has 3 rings (SSSR count). The summed E-state index contributed by atoms with van der Waals surface area (Å²) >= 11 is 0. The molecule has 0 bridgehead atoms. The lowest BCUT2D eigenvalue weighted by Gasteiger charge is -2.34. The van der Waals surface area contributed by atoms with E-state index < -0.39 is 7.92 Å². The summed E-state index contributed by atoms with van der Waals surface area (Å²) in [4.78, 5) is 2.33. The van der Waals surface area contributed by atoms with Crippen LogP contribution in [0.1, 0.15) is 26.7 Å². The Kier molecular flexibility index (Phi) is 5.89. The molecule has 0 saturated carbocycles. The summed E-state index contributed by atoms with van der Waals surface area (Å²) < 4.78 is 0. The third-order valence-corrected chi connectivity index (χ3v) is 7.75. The number of hydrogen-bond acceptors (Lipinski definition) is 1. The maximum Gasteiger partial charge on any atom is 0.0317 e. The van der Waals surface area contributed by atoms with Crippen LogP contribution in [-0.2, 0) is 0 Å². The molecule has 0 fully saturated rings.